The van der Waals surface area contributed by atoms with Gasteiger partial charge in [0.25, 0.3) is 11.8 Å². The van der Waals surface area contributed by atoms with E-state index in [4.69, 9.17) is 9.92 Å². The third kappa shape index (κ3) is 5.74. The van der Waals surface area contributed by atoms with Crippen LogP contribution in [0.5, 0.6) is 5.75 Å². The van der Waals surface area contributed by atoms with E-state index in [0.717, 1.165) is 44.8 Å². The zero-order chi connectivity index (χ0) is 24.3. The van der Waals surface area contributed by atoms with Crippen molar-refractivity contribution in [2.45, 2.75) is 44.6 Å². The predicted octanol–water partition coefficient (Wildman–Crippen LogP) is 2.25. The van der Waals surface area contributed by atoms with E-state index in [2.05, 4.69) is 20.6 Å². The summed E-state index contributed by atoms with van der Waals surface area (Å²) in [7, 11) is -3.83. The Morgan fingerprint density at radius 3 is 2.47 bits per heavy atom. The Hall–Kier alpha value is -3.41. The summed E-state index contributed by atoms with van der Waals surface area (Å²) in [6.45, 7) is 1.20. The largest absolute Gasteiger partial charge is 0.382 e. The number of nitrogens with zero attached hydrogens (tertiary/aromatic N) is 3. The Bertz CT molecular complexity index is 1190. The number of hydrogen-bond acceptors (Lipinski definition) is 9. The highest BCUT2D eigenvalue weighted by Gasteiger charge is 2.25. The number of primary amides is 1. The van der Waals surface area contributed by atoms with Gasteiger partial charge in [0.05, 0.1) is 17.4 Å². The molecule has 0 unspecified atom stereocenters. The summed E-state index contributed by atoms with van der Waals surface area (Å²) in [6, 6.07) is 4.70. The van der Waals surface area contributed by atoms with Crippen molar-refractivity contribution >= 4 is 39.4 Å². The fraction of sp³-hybridized carbons (Fsp3) is 0.455. The van der Waals surface area contributed by atoms with Gasteiger partial charge in [0.15, 0.2) is 5.75 Å². The zero-order valence-electron chi connectivity index (χ0n) is 18.9. The molecular formula is C22H28N6O5S. The Balaban J connectivity index is 1.63. The van der Waals surface area contributed by atoms with Crippen molar-refractivity contribution in [1.29, 1.82) is 0 Å². The molecule has 4 rings (SSSR count). The number of amides is 2. The Morgan fingerprint density at radius 2 is 1.82 bits per heavy atom. The fourth-order valence-electron chi connectivity index (χ4n) is 4.23. The molecule has 1 aliphatic carbocycles. The highest BCUT2D eigenvalue weighted by Crippen LogP contribution is 2.29. The number of carbonyl (C=O) groups excluding carboxylic acids is 2. The Labute approximate surface area is 198 Å². The number of likely N-dealkylation sites (tertiary alicyclic amines) is 1. The summed E-state index contributed by atoms with van der Waals surface area (Å²) in [4.78, 5) is 35.2. The fourth-order valence-corrected chi connectivity index (χ4v) is 4.70. The summed E-state index contributed by atoms with van der Waals surface area (Å²) in [5, 5.41) is 6.30. The first-order chi connectivity index (χ1) is 16.2. The Kier molecular flexibility index (Phi) is 6.87. The number of nitrogens with one attached hydrogen (secondary N) is 2. The second-order valence-corrected chi connectivity index (χ2v) is 10.1. The van der Waals surface area contributed by atoms with Gasteiger partial charge in [-0.25, -0.2) is 4.98 Å². The standard InChI is InChI=1S/C22H28N6O5S/c1-34(31,32)33-18-9-8-15(12-16(18)21(30)28-10-4-5-11-28)26-22-24-13-17(19(23)29)20(27-22)25-14-6-2-3-7-14/h8-9,12-14H,2-7,10-11H2,1H3,(H2,23,29)(H2,24,25,26,27). The van der Waals surface area contributed by atoms with Crippen LogP contribution in [0.25, 0.3) is 0 Å². The molecule has 1 saturated carbocycles. The lowest BCUT2D eigenvalue weighted by molar-refractivity contribution is 0.0791. The molecule has 0 radical (unpaired) electrons. The maximum absolute atomic E-state index is 13.1. The third-order valence-corrected chi connectivity index (χ3v) is 6.33. The lowest BCUT2D eigenvalue weighted by Crippen LogP contribution is -2.28. The van der Waals surface area contributed by atoms with Crippen LogP contribution in [0.15, 0.2) is 24.4 Å². The van der Waals surface area contributed by atoms with Crippen molar-refractivity contribution < 1.29 is 22.2 Å². The minimum atomic E-state index is -3.83. The number of anilines is 3. The summed E-state index contributed by atoms with van der Waals surface area (Å²) in [5.74, 6) is -0.441. The summed E-state index contributed by atoms with van der Waals surface area (Å²) >= 11 is 0. The van der Waals surface area contributed by atoms with Gasteiger partial charge in [0.1, 0.15) is 5.82 Å². The average molecular weight is 489 g/mol. The smallest absolute Gasteiger partial charge is 0.306 e. The van der Waals surface area contributed by atoms with E-state index in [-0.39, 0.29) is 34.8 Å². The third-order valence-electron chi connectivity index (χ3n) is 5.85. The Morgan fingerprint density at radius 1 is 1.12 bits per heavy atom. The second-order valence-electron chi connectivity index (χ2n) is 8.57. The molecule has 1 aliphatic heterocycles. The van der Waals surface area contributed by atoms with E-state index in [9.17, 15) is 18.0 Å². The van der Waals surface area contributed by atoms with Gasteiger partial charge in [-0.3, -0.25) is 9.59 Å². The molecule has 12 heteroatoms. The highest BCUT2D eigenvalue weighted by molar-refractivity contribution is 7.86. The second kappa shape index (κ2) is 9.84. The molecule has 1 saturated heterocycles. The molecule has 2 fully saturated rings. The first-order valence-corrected chi connectivity index (χ1v) is 13.0. The van der Waals surface area contributed by atoms with Crippen LogP contribution >= 0.6 is 0 Å². The molecule has 0 atom stereocenters. The van der Waals surface area contributed by atoms with E-state index in [1.54, 1.807) is 11.0 Å². The number of carbonyl (C=O) groups is 2. The van der Waals surface area contributed by atoms with Gasteiger partial charge in [-0.05, 0) is 43.9 Å². The maximum atomic E-state index is 13.1. The van der Waals surface area contributed by atoms with Crippen molar-refractivity contribution in [3.8, 4) is 5.75 Å². The van der Waals surface area contributed by atoms with Crippen LogP contribution in [0.2, 0.25) is 0 Å². The zero-order valence-corrected chi connectivity index (χ0v) is 19.7. The van der Waals surface area contributed by atoms with Crippen molar-refractivity contribution in [3.63, 3.8) is 0 Å². The van der Waals surface area contributed by atoms with Crippen LogP contribution in [0, 0.1) is 0 Å². The summed E-state index contributed by atoms with van der Waals surface area (Å²) < 4.78 is 28.5. The van der Waals surface area contributed by atoms with Crippen LogP contribution in [0.3, 0.4) is 0 Å². The van der Waals surface area contributed by atoms with Crippen LogP contribution in [-0.4, -0.2) is 60.5 Å². The van der Waals surface area contributed by atoms with Crippen molar-refractivity contribution in [2.24, 2.45) is 5.73 Å². The van der Waals surface area contributed by atoms with E-state index in [1.165, 1.54) is 18.3 Å². The minimum absolute atomic E-state index is 0.0430. The molecule has 182 valence electrons. The van der Waals surface area contributed by atoms with Crippen LogP contribution in [0.1, 0.15) is 59.2 Å². The molecule has 34 heavy (non-hydrogen) atoms. The van der Waals surface area contributed by atoms with Gasteiger partial charge < -0.3 is 25.5 Å². The van der Waals surface area contributed by atoms with E-state index in [1.807, 2.05) is 0 Å². The number of benzene rings is 1. The lowest BCUT2D eigenvalue weighted by Gasteiger charge is -2.19. The molecule has 0 spiro atoms. The molecule has 11 nitrogen and oxygen atoms in total. The maximum Gasteiger partial charge on any atom is 0.306 e. The quantitative estimate of drug-likeness (QED) is 0.474. The summed E-state index contributed by atoms with van der Waals surface area (Å²) in [6.07, 6.45) is 8.24. The SMILES string of the molecule is CS(=O)(=O)Oc1ccc(Nc2ncc(C(N)=O)c(NC3CCCC3)n2)cc1C(=O)N1CCCC1. The number of hydrogen-bond donors (Lipinski definition) is 3. The monoisotopic (exact) mass is 488 g/mol. The molecule has 2 aliphatic rings. The summed E-state index contributed by atoms with van der Waals surface area (Å²) in [5.41, 5.74) is 6.26. The number of nitrogens with two attached hydrogens (primary N) is 1. The molecule has 1 aromatic carbocycles. The van der Waals surface area contributed by atoms with Crippen LogP contribution < -0.4 is 20.6 Å². The molecular weight excluding hydrogens is 460 g/mol. The first-order valence-electron chi connectivity index (χ1n) is 11.2. The molecule has 1 aromatic heterocycles. The minimum Gasteiger partial charge on any atom is -0.382 e. The van der Waals surface area contributed by atoms with Gasteiger partial charge >= 0.3 is 10.1 Å². The predicted molar refractivity (Wildman–Crippen MR) is 127 cm³/mol. The number of rotatable bonds is 8. The molecule has 2 heterocycles. The van der Waals surface area contributed by atoms with Crippen LogP contribution in [-0.2, 0) is 10.1 Å². The molecule has 2 aromatic rings. The normalized spacial score (nSPS) is 16.4. The molecule has 2 amide bonds. The molecule has 0 bridgehead atoms. The van der Waals surface area contributed by atoms with E-state index >= 15 is 0 Å². The molecule has 4 N–H and O–H groups in total. The van der Waals surface area contributed by atoms with Gasteiger partial charge in [-0.1, -0.05) is 12.8 Å². The highest BCUT2D eigenvalue weighted by atomic mass is 32.2. The average Bonchev–Trinajstić information content (AvgIpc) is 3.48. The van der Waals surface area contributed by atoms with Gasteiger partial charge in [-0.2, -0.15) is 13.4 Å². The topological polar surface area (TPSA) is 157 Å². The van der Waals surface area contributed by atoms with Crippen molar-refractivity contribution in [1.82, 2.24) is 14.9 Å². The van der Waals surface area contributed by atoms with Crippen molar-refractivity contribution in [3.05, 3.63) is 35.5 Å². The van der Waals surface area contributed by atoms with E-state index < -0.39 is 16.0 Å². The van der Waals surface area contributed by atoms with Gasteiger partial charge in [0, 0.05) is 31.0 Å². The first kappa shape index (κ1) is 23.7. The number of aromatic nitrogens is 2. The van der Waals surface area contributed by atoms with E-state index in [0.29, 0.717) is 24.6 Å². The van der Waals surface area contributed by atoms with Gasteiger partial charge in [0.2, 0.25) is 5.95 Å². The lowest BCUT2D eigenvalue weighted by atomic mass is 10.1. The van der Waals surface area contributed by atoms with Gasteiger partial charge in [-0.15, -0.1) is 0 Å². The van der Waals surface area contributed by atoms with Crippen molar-refractivity contribution in [2.75, 3.05) is 30.0 Å². The van der Waals surface area contributed by atoms with Crippen LogP contribution in [0.4, 0.5) is 17.5 Å².